The Hall–Kier alpha value is -2.61. The third-order valence-corrected chi connectivity index (χ3v) is 8.26. The lowest BCUT2D eigenvalue weighted by molar-refractivity contribution is -0.149. The van der Waals surface area contributed by atoms with Crippen LogP contribution in [0, 0.1) is 5.92 Å². The van der Waals surface area contributed by atoms with E-state index in [-0.39, 0.29) is 17.8 Å². The molecular weight excluding hydrogens is 484 g/mol. The van der Waals surface area contributed by atoms with Crippen LogP contribution in [0.1, 0.15) is 87.3 Å². The van der Waals surface area contributed by atoms with Gasteiger partial charge in [0, 0.05) is 48.8 Å². The summed E-state index contributed by atoms with van der Waals surface area (Å²) >= 11 is 1.62. The van der Waals surface area contributed by atoms with E-state index in [0.717, 1.165) is 28.8 Å². The molecule has 2 aliphatic rings. The van der Waals surface area contributed by atoms with Gasteiger partial charge in [0.25, 0.3) is 5.91 Å². The second kappa shape index (κ2) is 12.8. The van der Waals surface area contributed by atoms with E-state index in [9.17, 15) is 9.59 Å². The molecule has 37 heavy (non-hydrogen) atoms. The quantitative estimate of drug-likeness (QED) is 0.250. The molecule has 1 aromatic heterocycles. The zero-order valence-corrected chi connectivity index (χ0v) is 23.4. The number of likely N-dealkylation sites (tertiary alicyclic amines) is 1. The van der Waals surface area contributed by atoms with Crippen molar-refractivity contribution < 1.29 is 14.3 Å². The SMILES string of the molecule is CCOC(=O)C1CCN(C(=O)c2cccc(CSc3nc(C(C)C)cc(N4CCCCC4C)n3)c2)CC1. The molecule has 2 aliphatic heterocycles. The smallest absolute Gasteiger partial charge is 0.309 e. The van der Waals surface area contributed by atoms with E-state index in [1.807, 2.05) is 30.0 Å². The van der Waals surface area contributed by atoms with E-state index in [2.05, 4.69) is 37.8 Å². The van der Waals surface area contributed by atoms with Gasteiger partial charge in [-0.1, -0.05) is 37.7 Å². The first-order chi connectivity index (χ1) is 17.9. The van der Waals surface area contributed by atoms with Gasteiger partial charge in [0.15, 0.2) is 5.16 Å². The van der Waals surface area contributed by atoms with Crippen LogP contribution in [-0.4, -0.2) is 59.0 Å². The number of benzene rings is 1. The molecule has 4 rings (SSSR count). The molecule has 1 amide bonds. The number of hydrogen-bond acceptors (Lipinski definition) is 7. The van der Waals surface area contributed by atoms with E-state index < -0.39 is 0 Å². The zero-order chi connectivity index (χ0) is 26.4. The van der Waals surface area contributed by atoms with Crippen LogP contribution in [0.3, 0.4) is 0 Å². The van der Waals surface area contributed by atoms with Crippen molar-refractivity contribution in [2.45, 2.75) is 82.7 Å². The van der Waals surface area contributed by atoms with Gasteiger partial charge in [0.1, 0.15) is 5.82 Å². The van der Waals surface area contributed by atoms with Crippen molar-refractivity contribution in [3.63, 3.8) is 0 Å². The van der Waals surface area contributed by atoms with E-state index in [1.54, 1.807) is 11.8 Å². The van der Waals surface area contributed by atoms with Crippen LogP contribution in [-0.2, 0) is 15.3 Å². The molecule has 2 saturated heterocycles. The summed E-state index contributed by atoms with van der Waals surface area (Å²) in [5.41, 5.74) is 2.83. The van der Waals surface area contributed by atoms with Crippen LogP contribution in [0.5, 0.6) is 0 Å². The Kier molecular flexibility index (Phi) is 9.46. The molecule has 0 bridgehead atoms. The van der Waals surface area contributed by atoms with Crippen molar-refractivity contribution in [1.29, 1.82) is 0 Å². The highest BCUT2D eigenvalue weighted by molar-refractivity contribution is 7.98. The summed E-state index contributed by atoms with van der Waals surface area (Å²) in [5.74, 6) is 1.83. The fraction of sp³-hybridized carbons (Fsp3) is 0.586. The number of esters is 1. The van der Waals surface area contributed by atoms with Crippen LogP contribution in [0.2, 0.25) is 0 Å². The molecule has 1 atom stereocenters. The van der Waals surface area contributed by atoms with Crippen molar-refractivity contribution in [3.8, 4) is 0 Å². The highest BCUT2D eigenvalue weighted by Gasteiger charge is 2.29. The van der Waals surface area contributed by atoms with E-state index >= 15 is 0 Å². The van der Waals surface area contributed by atoms with Gasteiger partial charge in [-0.25, -0.2) is 9.97 Å². The average molecular weight is 525 g/mol. The van der Waals surface area contributed by atoms with Gasteiger partial charge < -0.3 is 14.5 Å². The van der Waals surface area contributed by atoms with E-state index in [4.69, 9.17) is 14.7 Å². The summed E-state index contributed by atoms with van der Waals surface area (Å²) in [6.45, 7) is 11.0. The molecule has 0 spiro atoms. The van der Waals surface area contributed by atoms with Crippen LogP contribution >= 0.6 is 11.8 Å². The maximum absolute atomic E-state index is 13.2. The van der Waals surface area contributed by atoms with Crippen LogP contribution < -0.4 is 4.90 Å². The lowest BCUT2D eigenvalue weighted by Crippen LogP contribution is -2.40. The topological polar surface area (TPSA) is 75.6 Å². The van der Waals surface area contributed by atoms with Gasteiger partial charge in [-0.3, -0.25) is 9.59 Å². The number of nitrogens with zero attached hydrogens (tertiary/aromatic N) is 4. The zero-order valence-electron chi connectivity index (χ0n) is 22.6. The van der Waals surface area contributed by atoms with Gasteiger partial charge in [0.05, 0.1) is 12.5 Å². The van der Waals surface area contributed by atoms with Crippen molar-refractivity contribution in [3.05, 3.63) is 47.2 Å². The van der Waals surface area contributed by atoms with Crippen molar-refractivity contribution in [1.82, 2.24) is 14.9 Å². The molecule has 0 aliphatic carbocycles. The Balaban J connectivity index is 1.41. The minimum Gasteiger partial charge on any atom is -0.466 e. The summed E-state index contributed by atoms with van der Waals surface area (Å²) in [6.07, 6.45) is 4.99. The summed E-state index contributed by atoms with van der Waals surface area (Å²) in [7, 11) is 0. The largest absolute Gasteiger partial charge is 0.466 e. The number of anilines is 1. The Bertz CT molecular complexity index is 1080. The van der Waals surface area contributed by atoms with Gasteiger partial charge in [-0.2, -0.15) is 0 Å². The third-order valence-electron chi connectivity index (χ3n) is 7.34. The number of amides is 1. The molecule has 1 aromatic carbocycles. The molecule has 8 heteroatoms. The van der Waals surface area contributed by atoms with Crippen molar-refractivity contribution in [2.75, 3.05) is 31.1 Å². The first-order valence-electron chi connectivity index (χ1n) is 13.7. The van der Waals surface area contributed by atoms with Gasteiger partial charge in [-0.15, -0.1) is 0 Å². The van der Waals surface area contributed by atoms with Crippen molar-refractivity contribution in [2.24, 2.45) is 5.92 Å². The second-order valence-electron chi connectivity index (χ2n) is 10.4. The third kappa shape index (κ3) is 7.03. The standard InChI is InChI=1S/C29H40N4O3S/c1-5-36-28(35)23-12-15-32(16-13-23)27(34)24-11-8-10-22(17-24)19-37-29-30-25(20(2)3)18-26(31-29)33-14-7-6-9-21(33)4/h8,10-11,17-18,20-21,23H,5-7,9,12-16,19H2,1-4H3. The van der Waals surface area contributed by atoms with Crippen molar-refractivity contribution >= 4 is 29.5 Å². The Morgan fingerprint density at radius 2 is 1.86 bits per heavy atom. The first kappa shape index (κ1) is 27.4. The molecule has 0 saturated carbocycles. The van der Waals surface area contributed by atoms with Crippen LogP contribution in [0.15, 0.2) is 35.5 Å². The summed E-state index contributed by atoms with van der Waals surface area (Å²) in [6, 6.07) is 10.5. The molecule has 7 nitrogen and oxygen atoms in total. The summed E-state index contributed by atoms with van der Waals surface area (Å²) in [4.78, 5) is 39.2. The summed E-state index contributed by atoms with van der Waals surface area (Å²) < 4.78 is 5.15. The molecule has 0 radical (unpaired) electrons. The van der Waals surface area contributed by atoms with Gasteiger partial charge in [0.2, 0.25) is 0 Å². The molecule has 3 heterocycles. The minimum absolute atomic E-state index is 0.0218. The Labute approximate surface area is 225 Å². The number of carbonyl (C=O) groups excluding carboxylic acids is 2. The van der Waals surface area contributed by atoms with Crippen LogP contribution in [0.25, 0.3) is 0 Å². The number of rotatable bonds is 8. The van der Waals surface area contributed by atoms with Crippen LogP contribution in [0.4, 0.5) is 5.82 Å². The predicted molar refractivity (Wildman–Crippen MR) is 148 cm³/mol. The van der Waals surface area contributed by atoms with E-state index in [0.29, 0.717) is 55.8 Å². The molecular formula is C29H40N4O3S. The number of thioether (sulfide) groups is 1. The minimum atomic E-state index is -0.143. The first-order valence-corrected chi connectivity index (χ1v) is 14.7. The molecule has 1 unspecified atom stereocenters. The molecule has 0 N–H and O–H groups in total. The fourth-order valence-corrected chi connectivity index (χ4v) is 5.88. The monoisotopic (exact) mass is 524 g/mol. The van der Waals surface area contributed by atoms with Gasteiger partial charge in [-0.05, 0) is 69.6 Å². The fourth-order valence-electron chi connectivity index (χ4n) is 5.08. The van der Waals surface area contributed by atoms with E-state index in [1.165, 1.54) is 19.3 Å². The number of hydrogen-bond donors (Lipinski definition) is 0. The summed E-state index contributed by atoms with van der Waals surface area (Å²) in [5, 5.41) is 0.789. The van der Waals surface area contributed by atoms with Gasteiger partial charge >= 0.3 is 5.97 Å². The number of aromatic nitrogens is 2. The number of piperidine rings is 2. The predicted octanol–water partition coefficient (Wildman–Crippen LogP) is 5.69. The lowest BCUT2D eigenvalue weighted by Gasteiger charge is -2.34. The second-order valence-corrected chi connectivity index (χ2v) is 11.4. The molecule has 2 aromatic rings. The maximum atomic E-state index is 13.2. The highest BCUT2D eigenvalue weighted by Crippen LogP contribution is 2.29. The molecule has 2 fully saturated rings. The lowest BCUT2D eigenvalue weighted by atomic mass is 9.96. The Morgan fingerprint density at radius 1 is 1.08 bits per heavy atom. The normalized spacial score (nSPS) is 18.8. The average Bonchev–Trinajstić information content (AvgIpc) is 2.92. The number of ether oxygens (including phenoxy) is 1. The maximum Gasteiger partial charge on any atom is 0.309 e. The molecule has 200 valence electrons. The Morgan fingerprint density at radius 3 is 2.57 bits per heavy atom. The highest BCUT2D eigenvalue weighted by atomic mass is 32.2. The number of carbonyl (C=O) groups is 2.